The van der Waals surface area contributed by atoms with Crippen LogP contribution >= 0.6 is 24.2 Å². The first-order valence-corrected chi connectivity index (χ1v) is 6.55. The first-order chi connectivity index (χ1) is 7.75. The zero-order chi connectivity index (χ0) is 11.4. The van der Waals surface area contributed by atoms with E-state index in [0.29, 0.717) is 6.54 Å². The first-order valence-electron chi connectivity index (χ1n) is 5.40. The molecule has 1 unspecified atom stereocenters. The van der Waals surface area contributed by atoms with Crippen LogP contribution in [0.2, 0.25) is 0 Å². The lowest BCUT2D eigenvalue weighted by molar-refractivity contribution is -0.122. The summed E-state index contributed by atoms with van der Waals surface area (Å²) in [4.78, 5) is 11.7. The van der Waals surface area contributed by atoms with Crippen LogP contribution in [0, 0.1) is 6.92 Å². The summed E-state index contributed by atoms with van der Waals surface area (Å²) in [6.45, 7) is 2.67. The van der Waals surface area contributed by atoms with Gasteiger partial charge in [-0.15, -0.1) is 24.2 Å². The highest BCUT2D eigenvalue weighted by atomic mass is 35.5. The third kappa shape index (κ3) is 4.22. The average Bonchev–Trinajstić information content (AvgIpc) is 2.81. The summed E-state index contributed by atoms with van der Waals surface area (Å²) in [6.07, 6.45) is 0. The van der Waals surface area contributed by atoms with E-state index in [1.807, 2.05) is 12.1 Å². The van der Waals surface area contributed by atoms with Crippen molar-refractivity contribution in [3.8, 4) is 0 Å². The van der Waals surface area contributed by atoms with Crippen LogP contribution < -0.4 is 10.6 Å². The van der Waals surface area contributed by atoms with Crippen molar-refractivity contribution in [1.29, 1.82) is 0 Å². The summed E-state index contributed by atoms with van der Waals surface area (Å²) in [5, 5.41) is 6.10. The number of hydrogen-bond acceptors (Lipinski definition) is 3. The Labute approximate surface area is 112 Å². The smallest absolute Gasteiger partial charge is 0.238 e. The van der Waals surface area contributed by atoms with E-state index in [4.69, 9.17) is 0 Å². The Balaban J connectivity index is 0.00000144. The fourth-order valence-electron chi connectivity index (χ4n) is 1.58. The monoisotopic (exact) mass is 272 g/mol. The normalized spacial score (nSPS) is 18.5. The standard InChI is InChI=1S/C12H16N2OS.ClH/c1-9-2-4-10(5-3-9)6-13-12(15)11-7-16-8-14-11;/h2-5,11,14H,6-8H2,1H3,(H,13,15);1H. The summed E-state index contributed by atoms with van der Waals surface area (Å²) >= 11 is 1.76. The van der Waals surface area contributed by atoms with Gasteiger partial charge in [-0.1, -0.05) is 29.8 Å². The van der Waals surface area contributed by atoms with Crippen LogP contribution in [0.15, 0.2) is 24.3 Å². The van der Waals surface area contributed by atoms with Crippen molar-refractivity contribution >= 4 is 30.1 Å². The van der Waals surface area contributed by atoms with Crippen molar-refractivity contribution in [1.82, 2.24) is 10.6 Å². The Hall–Kier alpha value is -0.710. The molecule has 0 aromatic heterocycles. The van der Waals surface area contributed by atoms with Crippen molar-refractivity contribution in [2.45, 2.75) is 19.5 Å². The maximum absolute atomic E-state index is 11.7. The number of aryl methyl sites for hydroxylation is 1. The maximum atomic E-state index is 11.7. The molecule has 0 spiro atoms. The largest absolute Gasteiger partial charge is 0.351 e. The molecule has 1 amide bonds. The molecule has 1 aromatic carbocycles. The van der Waals surface area contributed by atoms with Crippen LogP contribution in [-0.4, -0.2) is 23.6 Å². The number of hydrogen-bond donors (Lipinski definition) is 2. The molecule has 0 aliphatic carbocycles. The van der Waals surface area contributed by atoms with Gasteiger partial charge in [0.25, 0.3) is 0 Å². The minimum atomic E-state index is -0.0181. The van der Waals surface area contributed by atoms with E-state index in [-0.39, 0.29) is 24.4 Å². The van der Waals surface area contributed by atoms with E-state index in [2.05, 4.69) is 29.7 Å². The summed E-state index contributed by atoms with van der Waals surface area (Å²) < 4.78 is 0. The zero-order valence-electron chi connectivity index (χ0n) is 9.73. The Kier molecular flexibility index (Phi) is 5.82. The molecule has 1 atom stereocenters. The van der Waals surface area contributed by atoms with Crippen molar-refractivity contribution in [3.05, 3.63) is 35.4 Å². The van der Waals surface area contributed by atoms with E-state index < -0.39 is 0 Å². The molecule has 2 N–H and O–H groups in total. The van der Waals surface area contributed by atoms with Crippen LogP contribution in [0.25, 0.3) is 0 Å². The second-order valence-corrected chi connectivity index (χ2v) is 5.01. The van der Waals surface area contributed by atoms with Gasteiger partial charge in [-0.25, -0.2) is 0 Å². The van der Waals surface area contributed by atoms with Gasteiger partial charge >= 0.3 is 0 Å². The Morgan fingerprint density at radius 2 is 2.18 bits per heavy atom. The second-order valence-electron chi connectivity index (χ2n) is 3.98. The number of thioether (sulfide) groups is 1. The Bertz CT molecular complexity index is 363. The number of rotatable bonds is 3. The van der Waals surface area contributed by atoms with Crippen LogP contribution in [-0.2, 0) is 11.3 Å². The van der Waals surface area contributed by atoms with Crippen molar-refractivity contribution in [2.24, 2.45) is 0 Å². The lowest BCUT2D eigenvalue weighted by atomic mass is 10.1. The van der Waals surface area contributed by atoms with Crippen molar-refractivity contribution in [3.63, 3.8) is 0 Å². The molecule has 0 bridgehead atoms. The highest BCUT2D eigenvalue weighted by molar-refractivity contribution is 7.99. The molecule has 0 radical (unpaired) electrons. The molecule has 1 fully saturated rings. The van der Waals surface area contributed by atoms with Gasteiger partial charge in [-0.3, -0.25) is 10.1 Å². The lowest BCUT2D eigenvalue weighted by Gasteiger charge is -2.10. The molecule has 1 saturated heterocycles. The molecule has 3 nitrogen and oxygen atoms in total. The Morgan fingerprint density at radius 1 is 1.47 bits per heavy atom. The van der Waals surface area contributed by atoms with Gasteiger partial charge in [0.1, 0.15) is 0 Å². The van der Waals surface area contributed by atoms with Crippen molar-refractivity contribution < 1.29 is 4.79 Å². The van der Waals surface area contributed by atoms with E-state index in [0.717, 1.165) is 17.2 Å². The van der Waals surface area contributed by atoms with Crippen LogP contribution in [0.5, 0.6) is 0 Å². The molecule has 0 saturated carbocycles. The van der Waals surface area contributed by atoms with E-state index in [1.54, 1.807) is 11.8 Å². The quantitative estimate of drug-likeness (QED) is 0.880. The van der Waals surface area contributed by atoms with Gasteiger partial charge in [-0.05, 0) is 12.5 Å². The SMILES string of the molecule is Cc1ccc(CNC(=O)C2CSCN2)cc1.Cl. The third-order valence-corrected chi connectivity index (χ3v) is 3.56. The molecule has 1 heterocycles. The molecule has 1 aliphatic rings. The second kappa shape index (κ2) is 6.89. The van der Waals surface area contributed by atoms with Gasteiger partial charge in [0.2, 0.25) is 5.91 Å². The number of nitrogens with one attached hydrogen (secondary N) is 2. The highest BCUT2D eigenvalue weighted by Gasteiger charge is 2.21. The van der Waals surface area contributed by atoms with Gasteiger partial charge in [0.05, 0.1) is 6.04 Å². The van der Waals surface area contributed by atoms with Gasteiger partial charge in [0, 0.05) is 18.2 Å². The molecule has 1 aromatic rings. The maximum Gasteiger partial charge on any atom is 0.238 e. The van der Waals surface area contributed by atoms with Crippen molar-refractivity contribution in [2.75, 3.05) is 11.6 Å². The summed E-state index contributed by atoms with van der Waals surface area (Å²) in [5.41, 5.74) is 2.38. The number of amides is 1. The summed E-state index contributed by atoms with van der Waals surface area (Å²) in [7, 11) is 0. The molecule has 1 aliphatic heterocycles. The predicted molar refractivity (Wildman–Crippen MR) is 74.5 cm³/mol. The first kappa shape index (κ1) is 14.4. The van der Waals surface area contributed by atoms with Crippen LogP contribution in [0.1, 0.15) is 11.1 Å². The molecule has 17 heavy (non-hydrogen) atoms. The van der Waals surface area contributed by atoms with E-state index in [9.17, 15) is 4.79 Å². The third-order valence-electron chi connectivity index (χ3n) is 2.62. The molecular formula is C12H17ClN2OS. The van der Waals surface area contributed by atoms with Crippen LogP contribution in [0.3, 0.4) is 0 Å². The minimum absolute atomic E-state index is 0. The zero-order valence-corrected chi connectivity index (χ0v) is 11.4. The summed E-state index contributed by atoms with van der Waals surface area (Å²) in [6, 6.07) is 8.20. The van der Waals surface area contributed by atoms with Gasteiger partial charge < -0.3 is 5.32 Å². The Morgan fingerprint density at radius 3 is 2.76 bits per heavy atom. The molecule has 2 rings (SSSR count). The number of halogens is 1. The van der Waals surface area contributed by atoms with Gasteiger partial charge in [0.15, 0.2) is 0 Å². The van der Waals surface area contributed by atoms with E-state index in [1.165, 1.54) is 5.56 Å². The molecule has 94 valence electrons. The number of carbonyl (C=O) groups excluding carboxylic acids is 1. The molecular weight excluding hydrogens is 256 g/mol. The van der Waals surface area contributed by atoms with Crippen LogP contribution in [0.4, 0.5) is 0 Å². The number of benzene rings is 1. The van der Waals surface area contributed by atoms with Gasteiger partial charge in [-0.2, -0.15) is 0 Å². The highest BCUT2D eigenvalue weighted by Crippen LogP contribution is 2.09. The lowest BCUT2D eigenvalue weighted by Crippen LogP contribution is -2.41. The fraction of sp³-hybridized carbons (Fsp3) is 0.417. The average molecular weight is 273 g/mol. The fourth-order valence-corrected chi connectivity index (χ4v) is 2.52. The summed E-state index contributed by atoms with van der Waals surface area (Å²) in [5.74, 6) is 1.85. The predicted octanol–water partition coefficient (Wildman–Crippen LogP) is 1.70. The number of carbonyl (C=O) groups is 1. The van der Waals surface area contributed by atoms with E-state index >= 15 is 0 Å². The topological polar surface area (TPSA) is 41.1 Å². The molecule has 5 heteroatoms. The minimum Gasteiger partial charge on any atom is -0.351 e.